The summed E-state index contributed by atoms with van der Waals surface area (Å²) in [5, 5.41) is 14.6. The lowest BCUT2D eigenvalue weighted by Gasteiger charge is -2.32. The van der Waals surface area contributed by atoms with Crippen LogP contribution in [0.2, 0.25) is 0 Å². The third kappa shape index (κ3) is 8.14. The highest BCUT2D eigenvalue weighted by Crippen LogP contribution is 2.53. The van der Waals surface area contributed by atoms with Crippen LogP contribution < -0.4 is 9.80 Å². The lowest BCUT2D eigenvalue weighted by atomic mass is 9.90. The molecule has 4 heteroatoms. The molecule has 0 aliphatic heterocycles. The van der Waals surface area contributed by atoms with Gasteiger partial charge in [0.05, 0.1) is 22.7 Å². The molecule has 16 aromatic rings. The smallest absolute Gasteiger partial charge is 0.155 e. The van der Waals surface area contributed by atoms with Gasteiger partial charge in [-0.15, -0.1) is 0 Å². The van der Waals surface area contributed by atoms with E-state index in [1.54, 1.807) is 0 Å². The zero-order valence-electron chi connectivity index (χ0n) is 45.5. The first-order chi connectivity index (χ1) is 41.5. The molecule has 0 spiro atoms. The first-order valence-electron chi connectivity index (χ1n) is 28.5. The van der Waals surface area contributed by atoms with Crippen LogP contribution in [0.3, 0.4) is 0 Å². The minimum absolute atomic E-state index is 0.332. The summed E-state index contributed by atoms with van der Waals surface area (Å²) in [6.45, 7) is 0. The van der Waals surface area contributed by atoms with Crippen molar-refractivity contribution in [3.8, 4) is 44.5 Å². The second kappa shape index (κ2) is 19.9. The van der Waals surface area contributed by atoms with Crippen LogP contribution in [0, 0.1) is 11.6 Å². The maximum atomic E-state index is 18.9. The van der Waals surface area contributed by atoms with Crippen molar-refractivity contribution in [1.29, 1.82) is 0 Å². The zero-order chi connectivity index (χ0) is 55.8. The van der Waals surface area contributed by atoms with Gasteiger partial charge in [0.2, 0.25) is 0 Å². The number of hydrogen-bond acceptors (Lipinski definition) is 2. The van der Waals surface area contributed by atoms with Gasteiger partial charge < -0.3 is 9.80 Å². The normalized spacial score (nSPS) is 11.7. The number of para-hydroxylation sites is 2. The summed E-state index contributed by atoms with van der Waals surface area (Å²) in [6.07, 6.45) is 0. The molecule has 0 fully saturated rings. The summed E-state index contributed by atoms with van der Waals surface area (Å²) in [5.74, 6) is -0.664. The van der Waals surface area contributed by atoms with Gasteiger partial charge in [-0.2, -0.15) is 0 Å². The molecule has 0 atom stereocenters. The van der Waals surface area contributed by atoms with Crippen LogP contribution >= 0.6 is 0 Å². The number of benzene rings is 16. The van der Waals surface area contributed by atoms with Crippen molar-refractivity contribution in [2.45, 2.75) is 0 Å². The minimum atomic E-state index is -0.332. The molecule has 0 amide bonds. The summed E-state index contributed by atoms with van der Waals surface area (Å²) >= 11 is 0. The molecule has 0 unspecified atom stereocenters. The van der Waals surface area contributed by atoms with E-state index in [0.717, 1.165) is 132 Å². The van der Waals surface area contributed by atoms with E-state index < -0.39 is 0 Å². The van der Waals surface area contributed by atoms with E-state index in [1.807, 2.05) is 109 Å². The Hall–Kier alpha value is -10.9. The number of hydrogen-bond donors (Lipinski definition) is 0. The fourth-order valence-electron chi connectivity index (χ4n) is 13.0. The molecule has 0 aliphatic rings. The molecule has 0 saturated carbocycles. The SMILES string of the molecule is Fc1c(-c2ccc3ccccc3c2)ccc(-c2ccc3ccccc3c2)c1N(c1ccccc1)c1ccc2ccc3c(N(c4ccccc4)c4c(-c5ccc6ccccc6c5)ccc(-c5ccc6ccccc6c5)c4F)ccc4ccc1c2c43. The Balaban J connectivity index is 0.952. The van der Waals surface area contributed by atoms with Gasteiger partial charge in [0.15, 0.2) is 11.6 Å². The van der Waals surface area contributed by atoms with Crippen molar-refractivity contribution in [2.75, 3.05) is 9.80 Å². The molecular formula is C80H50F2N2. The van der Waals surface area contributed by atoms with Gasteiger partial charge in [0, 0.05) is 44.4 Å². The molecule has 0 saturated heterocycles. The van der Waals surface area contributed by atoms with E-state index >= 15 is 8.78 Å². The Morgan fingerprint density at radius 1 is 0.214 bits per heavy atom. The van der Waals surface area contributed by atoms with Gasteiger partial charge in [-0.25, -0.2) is 8.78 Å². The van der Waals surface area contributed by atoms with E-state index in [9.17, 15) is 0 Å². The Kier molecular flexibility index (Phi) is 11.6. The maximum Gasteiger partial charge on any atom is 0.155 e. The Morgan fingerprint density at radius 3 is 0.833 bits per heavy atom. The lowest BCUT2D eigenvalue weighted by Crippen LogP contribution is -2.15. The number of anilines is 6. The highest BCUT2D eigenvalue weighted by atomic mass is 19.1. The standard InChI is InChI=1S/C80H50F2N2/c81-77-67(61-31-27-51-15-7-11-19-57(51)47-61)41-43-69(63-33-29-53-17-9-13-21-59(53)49-63)79(77)83(65-23-3-1-4-24-65)73-45-37-55-36-40-72-74(46-38-56-35-39-71(73)75(55)76(56)72)84(66-25-5-2-6-26-66)80-70(64-34-30-54-18-10-14-22-60(54)50-64)44-42-68(78(80)82)62-32-28-52-16-8-12-20-58(52)48-62/h1-50H. The topological polar surface area (TPSA) is 6.48 Å². The van der Waals surface area contributed by atoms with Crippen molar-refractivity contribution in [1.82, 2.24) is 0 Å². The van der Waals surface area contributed by atoms with Crippen LogP contribution in [0.25, 0.3) is 120 Å². The van der Waals surface area contributed by atoms with Gasteiger partial charge in [0.1, 0.15) is 0 Å². The molecule has 16 rings (SSSR count). The first kappa shape index (κ1) is 48.9. The second-order valence-corrected chi connectivity index (χ2v) is 21.8. The average Bonchev–Trinajstić information content (AvgIpc) is 1.42. The van der Waals surface area contributed by atoms with Crippen LogP contribution in [0.4, 0.5) is 42.9 Å². The molecule has 0 N–H and O–H groups in total. The number of halogens is 2. The van der Waals surface area contributed by atoms with Crippen LogP contribution in [-0.4, -0.2) is 0 Å². The third-order valence-electron chi connectivity index (χ3n) is 17.1. The summed E-state index contributed by atoms with van der Waals surface area (Å²) < 4.78 is 37.8. The van der Waals surface area contributed by atoms with Crippen LogP contribution in [0.15, 0.2) is 303 Å². The number of nitrogens with zero attached hydrogens (tertiary/aromatic N) is 2. The van der Waals surface area contributed by atoms with E-state index in [1.165, 1.54) is 0 Å². The molecule has 394 valence electrons. The van der Waals surface area contributed by atoms with E-state index in [4.69, 9.17) is 0 Å². The molecule has 0 aromatic heterocycles. The summed E-state index contributed by atoms with van der Waals surface area (Å²) in [4.78, 5) is 4.24. The monoisotopic (exact) mass is 1080 g/mol. The molecular weight excluding hydrogens is 1030 g/mol. The third-order valence-corrected chi connectivity index (χ3v) is 17.1. The van der Waals surface area contributed by atoms with E-state index in [2.05, 4.69) is 204 Å². The predicted molar refractivity (Wildman–Crippen MR) is 351 cm³/mol. The molecule has 0 heterocycles. The zero-order valence-corrected chi connectivity index (χ0v) is 45.5. The highest BCUT2D eigenvalue weighted by Gasteiger charge is 2.30. The molecule has 0 aliphatic carbocycles. The van der Waals surface area contributed by atoms with Gasteiger partial charge in [-0.05, 0) is 148 Å². The fourth-order valence-corrected chi connectivity index (χ4v) is 13.0. The highest BCUT2D eigenvalue weighted by molar-refractivity contribution is 6.28. The van der Waals surface area contributed by atoms with Gasteiger partial charge in [0.25, 0.3) is 0 Å². The Morgan fingerprint density at radius 2 is 0.488 bits per heavy atom. The second-order valence-electron chi connectivity index (χ2n) is 21.8. The van der Waals surface area contributed by atoms with Crippen LogP contribution in [0.5, 0.6) is 0 Å². The summed E-state index contributed by atoms with van der Waals surface area (Å²) in [6, 6.07) is 104. The largest absolute Gasteiger partial charge is 0.307 e. The molecule has 2 nitrogen and oxygen atoms in total. The molecule has 0 bridgehead atoms. The molecule has 0 radical (unpaired) electrons. The Labute approximate surface area is 484 Å². The first-order valence-corrected chi connectivity index (χ1v) is 28.5. The predicted octanol–water partition coefficient (Wildman–Crippen LogP) is 23.1. The Bertz CT molecular complexity index is 4920. The average molecular weight is 1080 g/mol. The summed E-state index contributed by atoms with van der Waals surface area (Å²) in [5.41, 5.74) is 10.0. The van der Waals surface area contributed by atoms with Crippen molar-refractivity contribution in [3.63, 3.8) is 0 Å². The van der Waals surface area contributed by atoms with Crippen molar-refractivity contribution >= 4 is 110 Å². The van der Waals surface area contributed by atoms with Crippen molar-refractivity contribution < 1.29 is 8.78 Å². The molecule has 16 aromatic carbocycles. The number of fused-ring (bicyclic) bond motifs is 4. The lowest BCUT2D eigenvalue weighted by molar-refractivity contribution is 0.632. The van der Waals surface area contributed by atoms with Gasteiger partial charge in [-0.3, -0.25) is 0 Å². The summed E-state index contributed by atoms with van der Waals surface area (Å²) in [7, 11) is 0. The fraction of sp³-hybridized carbons (Fsp3) is 0. The van der Waals surface area contributed by atoms with Gasteiger partial charge in [-0.1, -0.05) is 243 Å². The van der Waals surface area contributed by atoms with E-state index in [0.29, 0.717) is 22.5 Å². The van der Waals surface area contributed by atoms with Gasteiger partial charge >= 0.3 is 0 Å². The van der Waals surface area contributed by atoms with Crippen molar-refractivity contribution in [2.24, 2.45) is 0 Å². The van der Waals surface area contributed by atoms with Crippen molar-refractivity contribution in [3.05, 3.63) is 315 Å². The molecule has 84 heavy (non-hydrogen) atoms. The van der Waals surface area contributed by atoms with Crippen LogP contribution in [-0.2, 0) is 0 Å². The number of rotatable bonds is 10. The maximum absolute atomic E-state index is 18.9. The minimum Gasteiger partial charge on any atom is -0.307 e. The quantitative estimate of drug-likeness (QED) is 0.126. The van der Waals surface area contributed by atoms with Crippen LogP contribution in [0.1, 0.15) is 0 Å². The van der Waals surface area contributed by atoms with E-state index in [-0.39, 0.29) is 11.6 Å².